The van der Waals surface area contributed by atoms with E-state index >= 15 is 0 Å². The number of benzene rings is 1. The number of anilines is 1. The Hall–Kier alpha value is -1.06. The maximum atomic E-state index is 3.52. The van der Waals surface area contributed by atoms with Crippen molar-refractivity contribution in [3.05, 3.63) is 29.3 Å². The van der Waals surface area contributed by atoms with E-state index in [0.29, 0.717) is 0 Å². The largest absolute Gasteiger partial charge is 0.369 e. The van der Waals surface area contributed by atoms with Crippen LogP contribution in [0.1, 0.15) is 18.1 Å². The van der Waals surface area contributed by atoms with Crippen LogP contribution in [-0.4, -0.2) is 50.7 Å². The summed E-state index contributed by atoms with van der Waals surface area (Å²) in [5, 5.41) is 3.52. The van der Waals surface area contributed by atoms with Crippen LogP contribution < -0.4 is 10.2 Å². The second kappa shape index (κ2) is 6.37. The van der Waals surface area contributed by atoms with E-state index in [-0.39, 0.29) is 0 Å². The Morgan fingerprint density at radius 2 is 1.86 bits per heavy atom. The third-order valence-corrected chi connectivity index (χ3v) is 5.46. The van der Waals surface area contributed by atoms with Crippen LogP contribution in [0.15, 0.2) is 18.2 Å². The summed E-state index contributed by atoms with van der Waals surface area (Å²) in [6, 6.07) is 6.68. The molecule has 3 rings (SSSR count). The number of aryl methyl sites for hydroxylation is 1. The summed E-state index contributed by atoms with van der Waals surface area (Å²) in [4.78, 5) is 5.23. The molecule has 2 atom stereocenters. The van der Waals surface area contributed by atoms with Crippen LogP contribution in [0, 0.1) is 25.7 Å². The number of nitrogens with one attached hydrogen (secondary N) is 1. The quantitative estimate of drug-likeness (QED) is 0.920. The summed E-state index contributed by atoms with van der Waals surface area (Å²) in [6.45, 7) is 15.3. The lowest BCUT2D eigenvalue weighted by atomic mass is 9.97. The number of nitrogens with zero attached hydrogens (tertiary/aromatic N) is 2. The molecule has 1 N–H and O–H groups in total. The van der Waals surface area contributed by atoms with Crippen molar-refractivity contribution < 1.29 is 0 Å². The van der Waals surface area contributed by atoms with Gasteiger partial charge < -0.3 is 10.2 Å². The lowest BCUT2D eigenvalue weighted by molar-refractivity contribution is 0.207. The number of piperazine rings is 1. The van der Waals surface area contributed by atoms with E-state index < -0.39 is 0 Å². The van der Waals surface area contributed by atoms with Crippen molar-refractivity contribution in [3.63, 3.8) is 0 Å². The molecular weight excluding hydrogens is 258 g/mol. The van der Waals surface area contributed by atoms with E-state index in [1.54, 1.807) is 0 Å². The lowest BCUT2D eigenvalue weighted by Gasteiger charge is -2.38. The van der Waals surface area contributed by atoms with Gasteiger partial charge in [0.1, 0.15) is 0 Å². The predicted molar refractivity (Wildman–Crippen MR) is 90.1 cm³/mol. The Morgan fingerprint density at radius 1 is 1.10 bits per heavy atom. The highest BCUT2D eigenvalue weighted by molar-refractivity contribution is 5.56. The maximum Gasteiger partial charge on any atom is 0.0399 e. The summed E-state index contributed by atoms with van der Waals surface area (Å²) in [5.41, 5.74) is 4.28. The zero-order valence-electron chi connectivity index (χ0n) is 13.7. The van der Waals surface area contributed by atoms with Gasteiger partial charge in [-0.3, -0.25) is 4.90 Å². The molecule has 0 spiro atoms. The molecule has 2 saturated heterocycles. The molecule has 0 radical (unpaired) electrons. The number of hydrogen-bond donors (Lipinski definition) is 1. The smallest absolute Gasteiger partial charge is 0.0399 e. The van der Waals surface area contributed by atoms with Crippen molar-refractivity contribution in [2.45, 2.75) is 20.8 Å². The Kier molecular flexibility index (Phi) is 4.51. The minimum Gasteiger partial charge on any atom is -0.369 e. The Labute approximate surface area is 129 Å². The molecule has 2 aliphatic heterocycles. The first kappa shape index (κ1) is 14.9. The first-order chi connectivity index (χ1) is 10.1. The van der Waals surface area contributed by atoms with Gasteiger partial charge >= 0.3 is 0 Å². The van der Waals surface area contributed by atoms with Crippen LogP contribution in [0.5, 0.6) is 0 Å². The monoisotopic (exact) mass is 287 g/mol. The minimum atomic E-state index is 0.835. The molecule has 2 fully saturated rings. The fraction of sp³-hybridized carbons (Fsp3) is 0.667. The molecule has 116 valence electrons. The van der Waals surface area contributed by atoms with Crippen molar-refractivity contribution in [2.75, 3.05) is 50.7 Å². The van der Waals surface area contributed by atoms with Crippen molar-refractivity contribution in [1.29, 1.82) is 0 Å². The van der Waals surface area contributed by atoms with Gasteiger partial charge in [-0.25, -0.2) is 0 Å². The van der Waals surface area contributed by atoms with E-state index in [0.717, 1.165) is 11.8 Å². The van der Waals surface area contributed by atoms with Crippen molar-refractivity contribution >= 4 is 5.69 Å². The van der Waals surface area contributed by atoms with Crippen LogP contribution in [0.3, 0.4) is 0 Å². The molecule has 0 amide bonds. The summed E-state index contributed by atoms with van der Waals surface area (Å²) >= 11 is 0. The fourth-order valence-corrected chi connectivity index (χ4v) is 3.69. The van der Waals surface area contributed by atoms with E-state index in [9.17, 15) is 0 Å². The molecule has 0 aromatic heterocycles. The van der Waals surface area contributed by atoms with Crippen LogP contribution in [-0.2, 0) is 0 Å². The van der Waals surface area contributed by atoms with Gasteiger partial charge in [0.2, 0.25) is 0 Å². The molecule has 1 aromatic rings. The summed E-state index contributed by atoms with van der Waals surface area (Å²) in [6.07, 6.45) is 0. The molecule has 3 heteroatoms. The normalized spacial score (nSPS) is 27.3. The van der Waals surface area contributed by atoms with E-state index in [4.69, 9.17) is 0 Å². The molecule has 1 aromatic carbocycles. The standard InChI is InChI=1S/C18H29N3/c1-14-5-4-6-18(16(14)3)21-9-7-20(8-10-21)13-17-12-19-11-15(17)2/h4-6,15,17,19H,7-13H2,1-3H3. The molecular formula is C18H29N3. The van der Waals surface area contributed by atoms with Crippen LogP contribution >= 0.6 is 0 Å². The van der Waals surface area contributed by atoms with Gasteiger partial charge in [0.15, 0.2) is 0 Å². The van der Waals surface area contributed by atoms with Gasteiger partial charge in [-0.15, -0.1) is 0 Å². The molecule has 21 heavy (non-hydrogen) atoms. The molecule has 0 saturated carbocycles. The SMILES string of the molecule is Cc1cccc(N2CCN(CC3CNCC3C)CC2)c1C. The topological polar surface area (TPSA) is 18.5 Å². The Bertz CT molecular complexity index is 477. The molecule has 3 nitrogen and oxygen atoms in total. The highest BCUT2D eigenvalue weighted by atomic mass is 15.3. The van der Waals surface area contributed by atoms with E-state index in [1.165, 1.54) is 62.6 Å². The summed E-state index contributed by atoms with van der Waals surface area (Å²) in [7, 11) is 0. The van der Waals surface area contributed by atoms with Gasteiger partial charge in [-0.2, -0.15) is 0 Å². The predicted octanol–water partition coefficient (Wildman–Crippen LogP) is 2.28. The Balaban J connectivity index is 1.56. The second-order valence-corrected chi connectivity index (χ2v) is 6.90. The molecule has 2 heterocycles. The summed E-state index contributed by atoms with van der Waals surface area (Å²) in [5.74, 6) is 1.68. The average Bonchev–Trinajstić information content (AvgIpc) is 2.88. The lowest BCUT2D eigenvalue weighted by Crippen LogP contribution is -2.48. The van der Waals surface area contributed by atoms with Crippen LogP contribution in [0.25, 0.3) is 0 Å². The van der Waals surface area contributed by atoms with Gasteiger partial charge in [0.25, 0.3) is 0 Å². The third kappa shape index (κ3) is 3.24. The number of hydrogen-bond acceptors (Lipinski definition) is 3. The summed E-state index contributed by atoms with van der Waals surface area (Å²) < 4.78 is 0. The van der Waals surface area contributed by atoms with Gasteiger partial charge in [0, 0.05) is 38.4 Å². The first-order valence-electron chi connectivity index (χ1n) is 8.39. The molecule has 2 unspecified atom stereocenters. The van der Waals surface area contributed by atoms with E-state index in [1.807, 2.05) is 0 Å². The van der Waals surface area contributed by atoms with E-state index in [2.05, 4.69) is 54.1 Å². The van der Waals surface area contributed by atoms with Gasteiger partial charge in [-0.05, 0) is 56.0 Å². The van der Waals surface area contributed by atoms with Crippen molar-refractivity contribution in [1.82, 2.24) is 10.2 Å². The van der Waals surface area contributed by atoms with Crippen molar-refractivity contribution in [3.8, 4) is 0 Å². The third-order valence-electron chi connectivity index (χ3n) is 5.46. The van der Waals surface area contributed by atoms with Gasteiger partial charge in [-0.1, -0.05) is 19.1 Å². The second-order valence-electron chi connectivity index (χ2n) is 6.90. The molecule has 0 bridgehead atoms. The molecule has 0 aliphatic carbocycles. The molecule has 2 aliphatic rings. The zero-order chi connectivity index (χ0) is 14.8. The zero-order valence-corrected chi connectivity index (χ0v) is 13.7. The Morgan fingerprint density at radius 3 is 2.52 bits per heavy atom. The first-order valence-corrected chi connectivity index (χ1v) is 8.39. The van der Waals surface area contributed by atoms with Crippen molar-refractivity contribution in [2.24, 2.45) is 11.8 Å². The average molecular weight is 287 g/mol. The fourth-order valence-electron chi connectivity index (χ4n) is 3.69. The maximum absolute atomic E-state index is 3.52. The minimum absolute atomic E-state index is 0.835. The van der Waals surface area contributed by atoms with Gasteiger partial charge in [0.05, 0.1) is 0 Å². The highest BCUT2D eigenvalue weighted by Crippen LogP contribution is 2.24. The van der Waals surface area contributed by atoms with Crippen LogP contribution in [0.2, 0.25) is 0 Å². The van der Waals surface area contributed by atoms with Crippen LogP contribution in [0.4, 0.5) is 5.69 Å². The highest BCUT2D eigenvalue weighted by Gasteiger charge is 2.27. The number of rotatable bonds is 3.